The summed E-state index contributed by atoms with van der Waals surface area (Å²) in [7, 11) is 0. The van der Waals surface area contributed by atoms with Gasteiger partial charge in [0.2, 0.25) is 0 Å². The lowest BCUT2D eigenvalue weighted by molar-refractivity contribution is 1.30. The van der Waals surface area contributed by atoms with E-state index >= 15 is 0 Å². The highest BCUT2D eigenvalue weighted by Gasteiger charge is 2.26. The van der Waals surface area contributed by atoms with Crippen molar-refractivity contribution in [3.63, 3.8) is 0 Å². The van der Waals surface area contributed by atoms with Gasteiger partial charge in [0.15, 0.2) is 0 Å². The molecule has 0 N–H and O–H groups in total. The van der Waals surface area contributed by atoms with Crippen molar-refractivity contribution >= 4 is 120 Å². The molecule has 0 amide bonds. The maximum atomic E-state index is 2.43. The molecular formula is C58H36N2. The zero-order valence-electron chi connectivity index (χ0n) is 32.7. The van der Waals surface area contributed by atoms with E-state index in [4.69, 9.17) is 0 Å². The first-order valence-corrected chi connectivity index (χ1v) is 20.8. The van der Waals surface area contributed by atoms with Crippen LogP contribution >= 0.6 is 0 Å². The van der Waals surface area contributed by atoms with Crippen molar-refractivity contribution in [2.75, 3.05) is 9.80 Å². The van der Waals surface area contributed by atoms with Crippen LogP contribution in [0.5, 0.6) is 0 Å². The van der Waals surface area contributed by atoms with Gasteiger partial charge in [0.1, 0.15) is 0 Å². The molecule has 0 aliphatic heterocycles. The van der Waals surface area contributed by atoms with Crippen LogP contribution in [0.1, 0.15) is 0 Å². The number of benzene rings is 13. The Balaban J connectivity index is 1.24. The zero-order chi connectivity index (χ0) is 39.3. The molecule has 0 atom stereocenters. The van der Waals surface area contributed by atoms with Gasteiger partial charge in [-0.15, -0.1) is 0 Å². The first-order chi connectivity index (χ1) is 29.8. The number of rotatable bonds is 6. The van der Waals surface area contributed by atoms with Crippen LogP contribution in [-0.2, 0) is 0 Å². The third kappa shape index (κ3) is 4.59. The summed E-state index contributed by atoms with van der Waals surface area (Å²) in [4.78, 5) is 4.86. The fourth-order valence-electron chi connectivity index (χ4n) is 10.5. The maximum Gasteiger partial charge on any atom is 0.0546 e. The summed E-state index contributed by atoms with van der Waals surface area (Å²) in [5, 5.41) is 20.6. The molecule has 13 aromatic rings. The normalized spacial score (nSPS) is 12.0. The largest absolute Gasteiger partial charge is 0.310 e. The molecule has 0 radical (unpaired) electrons. The molecule has 2 heteroatoms. The highest BCUT2D eigenvalue weighted by molar-refractivity contribution is 6.49. The van der Waals surface area contributed by atoms with Crippen LogP contribution in [0.2, 0.25) is 0 Å². The van der Waals surface area contributed by atoms with E-state index in [9.17, 15) is 0 Å². The van der Waals surface area contributed by atoms with E-state index < -0.39 is 0 Å². The summed E-state index contributed by atoms with van der Waals surface area (Å²) in [5.74, 6) is 0. The molecule has 2 nitrogen and oxygen atoms in total. The van der Waals surface area contributed by atoms with Gasteiger partial charge < -0.3 is 9.80 Å². The molecule has 0 saturated heterocycles. The second-order valence-corrected chi connectivity index (χ2v) is 15.9. The van der Waals surface area contributed by atoms with E-state index in [1.165, 1.54) is 97.6 Å². The van der Waals surface area contributed by atoms with Crippen molar-refractivity contribution in [1.82, 2.24) is 0 Å². The number of anilines is 6. The van der Waals surface area contributed by atoms with Crippen LogP contribution in [-0.4, -0.2) is 0 Å². The van der Waals surface area contributed by atoms with E-state index in [1.807, 2.05) is 0 Å². The van der Waals surface area contributed by atoms with Crippen molar-refractivity contribution in [3.05, 3.63) is 218 Å². The number of hydrogen-bond acceptors (Lipinski definition) is 2. The Kier molecular flexibility index (Phi) is 7.05. The van der Waals surface area contributed by atoms with Crippen LogP contribution < -0.4 is 9.80 Å². The van der Waals surface area contributed by atoms with Gasteiger partial charge in [-0.05, 0) is 136 Å². The van der Waals surface area contributed by atoms with Crippen molar-refractivity contribution in [1.29, 1.82) is 0 Å². The summed E-state index contributed by atoms with van der Waals surface area (Å²) in [6, 6.07) is 80.3. The van der Waals surface area contributed by atoms with Crippen molar-refractivity contribution in [3.8, 4) is 0 Å². The quantitative estimate of drug-likeness (QED) is 0.123. The van der Waals surface area contributed by atoms with E-state index in [-0.39, 0.29) is 0 Å². The molecule has 0 aromatic heterocycles. The average Bonchev–Trinajstić information content (AvgIpc) is 3.32. The van der Waals surface area contributed by atoms with Gasteiger partial charge in [0.05, 0.1) is 11.4 Å². The Morgan fingerprint density at radius 3 is 0.833 bits per heavy atom. The minimum absolute atomic E-state index is 1.13. The molecule has 13 rings (SSSR count). The molecule has 0 saturated carbocycles. The second-order valence-electron chi connectivity index (χ2n) is 15.9. The highest BCUT2D eigenvalue weighted by atomic mass is 15.1. The average molecular weight is 761 g/mol. The lowest BCUT2D eigenvalue weighted by Gasteiger charge is -2.29. The van der Waals surface area contributed by atoms with Crippen LogP contribution in [0.25, 0.3) is 86.2 Å². The molecule has 0 heterocycles. The third-order valence-electron chi connectivity index (χ3n) is 12.8. The van der Waals surface area contributed by atoms with Crippen molar-refractivity contribution in [2.24, 2.45) is 0 Å². The minimum Gasteiger partial charge on any atom is -0.310 e. The smallest absolute Gasteiger partial charge is 0.0546 e. The predicted molar refractivity (Wildman–Crippen MR) is 258 cm³/mol. The predicted octanol–water partition coefficient (Wildman–Crippen LogP) is 16.7. The molecular weight excluding hydrogens is 725 g/mol. The van der Waals surface area contributed by atoms with E-state index in [0.717, 1.165) is 22.7 Å². The molecule has 0 fully saturated rings. The first kappa shape index (κ1) is 33.1. The fourth-order valence-corrected chi connectivity index (χ4v) is 10.5. The van der Waals surface area contributed by atoms with Crippen molar-refractivity contribution in [2.45, 2.75) is 0 Å². The van der Waals surface area contributed by atoms with Crippen molar-refractivity contribution < 1.29 is 0 Å². The zero-order valence-corrected chi connectivity index (χ0v) is 32.7. The summed E-state index contributed by atoms with van der Waals surface area (Å²) >= 11 is 0. The molecule has 0 unspecified atom stereocenters. The molecule has 0 spiro atoms. The molecule has 60 heavy (non-hydrogen) atoms. The van der Waals surface area contributed by atoms with Crippen LogP contribution in [0.4, 0.5) is 34.1 Å². The number of fused-ring (bicyclic) bond motifs is 8. The third-order valence-corrected chi connectivity index (χ3v) is 12.8. The van der Waals surface area contributed by atoms with Gasteiger partial charge in [-0.25, -0.2) is 0 Å². The standard InChI is InChI=1S/C58H36N2/c1-5-19-39(20-6-1)59(40-21-7-2-8-22-40)49-31-15-29-45-53(49)43-27-13-17-37-33-36-48-56-46-30-16-32-50(60(41-23-9-3-10-24-41)42-25-11-4-12-26-42)54(46)44-28-14-18-38-34-35-47(58(56)52(38)44)55(45)57(48)51(37)43/h1-36H. The number of hydrogen-bond donors (Lipinski definition) is 0. The fraction of sp³-hybridized carbons (Fsp3) is 0. The summed E-state index contributed by atoms with van der Waals surface area (Å²) in [6.45, 7) is 0. The van der Waals surface area contributed by atoms with Crippen LogP contribution in [0, 0.1) is 0 Å². The Morgan fingerprint density at radius 2 is 0.483 bits per heavy atom. The van der Waals surface area contributed by atoms with Gasteiger partial charge in [-0.1, -0.05) is 158 Å². The maximum absolute atomic E-state index is 2.43. The number of nitrogens with zero attached hydrogens (tertiary/aromatic N) is 2. The van der Waals surface area contributed by atoms with E-state index in [0.29, 0.717) is 0 Å². The molecule has 13 aromatic carbocycles. The second kappa shape index (κ2) is 12.8. The Labute approximate surface area is 347 Å². The van der Waals surface area contributed by atoms with Gasteiger partial charge >= 0.3 is 0 Å². The Morgan fingerprint density at radius 1 is 0.183 bits per heavy atom. The SMILES string of the molecule is c1ccc(N(c2ccccc2)c2cccc3c2c2cccc4ccc5c6c7cccc(N(c8ccccc8)c8ccccc8)c7c7cccc8ccc(c3c5c42)c6c87)cc1. The minimum atomic E-state index is 1.13. The van der Waals surface area contributed by atoms with Gasteiger partial charge in [-0.3, -0.25) is 0 Å². The first-order valence-electron chi connectivity index (χ1n) is 20.8. The summed E-state index contributed by atoms with van der Waals surface area (Å²) in [6.07, 6.45) is 0. The molecule has 0 aliphatic carbocycles. The Bertz CT molecular complexity index is 3420. The van der Waals surface area contributed by atoms with Crippen LogP contribution in [0.15, 0.2) is 218 Å². The van der Waals surface area contributed by atoms with Gasteiger partial charge in [-0.2, -0.15) is 0 Å². The lowest BCUT2D eigenvalue weighted by atomic mass is 9.80. The van der Waals surface area contributed by atoms with Gasteiger partial charge in [0.25, 0.3) is 0 Å². The molecule has 278 valence electrons. The molecule has 0 bridgehead atoms. The van der Waals surface area contributed by atoms with E-state index in [1.54, 1.807) is 0 Å². The topological polar surface area (TPSA) is 6.48 Å². The lowest BCUT2D eigenvalue weighted by Crippen LogP contribution is -2.10. The summed E-state index contributed by atoms with van der Waals surface area (Å²) < 4.78 is 0. The van der Waals surface area contributed by atoms with Gasteiger partial charge in [0, 0.05) is 33.5 Å². The number of para-hydroxylation sites is 4. The molecule has 0 aliphatic rings. The Hall–Kier alpha value is -7.94. The van der Waals surface area contributed by atoms with E-state index in [2.05, 4.69) is 228 Å². The monoisotopic (exact) mass is 760 g/mol. The highest BCUT2D eigenvalue weighted by Crippen LogP contribution is 2.54. The summed E-state index contributed by atoms with van der Waals surface area (Å²) in [5.41, 5.74) is 6.86. The van der Waals surface area contributed by atoms with Crippen LogP contribution in [0.3, 0.4) is 0 Å².